The topological polar surface area (TPSA) is 38.5 Å². The Kier molecular flexibility index (Phi) is 6.22. The van der Waals surface area contributed by atoms with Crippen molar-refractivity contribution >= 4 is 0 Å². The number of ether oxygens (including phenoxy) is 1. The van der Waals surface area contributed by atoms with Crippen LogP contribution < -0.4 is 5.73 Å². The molecule has 1 heterocycles. The van der Waals surface area contributed by atoms with E-state index in [4.69, 9.17) is 10.5 Å². The predicted octanol–water partition coefficient (Wildman–Crippen LogP) is 3.27. The van der Waals surface area contributed by atoms with Crippen LogP contribution in [0.1, 0.15) is 50.3 Å². The van der Waals surface area contributed by atoms with Crippen molar-refractivity contribution < 1.29 is 4.74 Å². The van der Waals surface area contributed by atoms with Gasteiger partial charge in [-0.05, 0) is 38.7 Å². The van der Waals surface area contributed by atoms with Crippen molar-refractivity contribution in [3.63, 3.8) is 0 Å². The average molecular weight is 290 g/mol. The van der Waals surface area contributed by atoms with Gasteiger partial charge in [0, 0.05) is 31.8 Å². The molecule has 2 N–H and O–H groups in total. The summed E-state index contributed by atoms with van der Waals surface area (Å²) in [4.78, 5) is 2.55. The molecule has 3 heteroatoms. The smallest absolute Gasteiger partial charge is 0.0599 e. The first kappa shape index (κ1) is 16.5. The molecule has 1 aromatic rings. The molecular formula is C18H30N2O. The van der Waals surface area contributed by atoms with Crippen LogP contribution in [0.2, 0.25) is 0 Å². The fourth-order valence-electron chi connectivity index (χ4n) is 3.27. The summed E-state index contributed by atoms with van der Waals surface area (Å²) in [6, 6.07) is 9.39. The van der Waals surface area contributed by atoms with Crippen molar-refractivity contribution in [3.05, 3.63) is 35.4 Å². The first-order chi connectivity index (χ1) is 10.2. The molecule has 0 aliphatic carbocycles. The number of hydrogen-bond acceptors (Lipinski definition) is 3. The number of piperidine rings is 1. The Morgan fingerprint density at radius 3 is 2.33 bits per heavy atom. The van der Waals surface area contributed by atoms with Crippen LogP contribution in [0.3, 0.4) is 0 Å². The van der Waals surface area contributed by atoms with Crippen molar-refractivity contribution in [1.29, 1.82) is 0 Å². The lowest BCUT2D eigenvalue weighted by Crippen LogP contribution is -2.46. The van der Waals surface area contributed by atoms with E-state index in [0.717, 1.165) is 39.0 Å². The van der Waals surface area contributed by atoms with Gasteiger partial charge in [-0.2, -0.15) is 0 Å². The number of aryl methyl sites for hydroxylation is 1. The normalized spacial score (nSPS) is 20.4. The number of hydrogen-bond donors (Lipinski definition) is 1. The highest BCUT2D eigenvalue weighted by Gasteiger charge is 2.29. The number of benzene rings is 1. The van der Waals surface area contributed by atoms with Crippen molar-refractivity contribution in [1.82, 2.24) is 4.90 Å². The molecule has 2 atom stereocenters. The zero-order valence-corrected chi connectivity index (χ0v) is 13.7. The largest absolute Gasteiger partial charge is 0.378 e. The van der Waals surface area contributed by atoms with Gasteiger partial charge in [0.05, 0.1) is 6.10 Å². The van der Waals surface area contributed by atoms with Crippen molar-refractivity contribution in [2.75, 3.05) is 19.7 Å². The van der Waals surface area contributed by atoms with Crippen molar-refractivity contribution in [2.24, 2.45) is 5.73 Å². The van der Waals surface area contributed by atoms with Crippen LogP contribution in [0, 0.1) is 6.92 Å². The van der Waals surface area contributed by atoms with Crippen LogP contribution in [0.15, 0.2) is 24.3 Å². The van der Waals surface area contributed by atoms with Gasteiger partial charge in [-0.15, -0.1) is 0 Å². The molecule has 0 spiro atoms. The first-order valence-electron chi connectivity index (χ1n) is 8.33. The summed E-state index contributed by atoms with van der Waals surface area (Å²) in [5.74, 6) is 0. The van der Waals surface area contributed by atoms with Gasteiger partial charge in [-0.3, -0.25) is 4.90 Å². The molecule has 1 aliphatic rings. The maximum Gasteiger partial charge on any atom is 0.0599 e. The van der Waals surface area contributed by atoms with E-state index in [2.05, 4.69) is 49.9 Å². The molecular weight excluding hydrogens is 260 g/mol. The van der Waals surface area contributed by atoms with Gasteiger partial charge in [0.2, 0.25) is 0 Å². The quantitative estimate of drug-likeness (QED) is 0.874. The summed E-state index contributed by atoms with van der Waals surface area (Å²) in [7, 11) is 0. The Morgan fingerprint density at radius 2 is 1.81 bits per heavy atom. The van der Waals surface area contributed by atoms with Crippen molar-refractivity contribution in [2.45, 2.75) is 58.2 Å². The molecule has 0 aromatic heterocycles. The minimum absolute atomic E-state index is 0.191. The summed E-state index contributed by atoms with van der Waals surface area (Å²) in [6.07, 6.45) is 3.67. The molecule has 0 saturated carbocycles. The monoisotopic (exact) mass is 290 g/mol. The summed E-state index contributed by atoms with van der Waals surface area (Å²) in [5.41, 5.74) is 9.09. The minimum Gasteiger partial charge on any atom is -0.378 e. The summed E-state index contributed by atoms with van der Waals surface area (Å²) >= 11 is 0. The lowest BCUT2D eigenvalue weighted by molar-refractivity contribution is 0.000346. The Balaban J connectivity index is 2.09. The predicted molar refractivity (Wildman–Crippen MR) is 88.4 cm³/mol. The SMILES string of the molecule is CCOC1CCN(C(c2ccc(C)cc2)C(N)CC)CC1. The summed E-state index contributed by atoms with van der Waals surface area (Å²) in [6.45, 7) is 9.37. The van der Waals surface area contributed by atoms with E-state index < -0.39 is 0 Å². The van der Waals surface area contributed by atoms with E-state index >= 15 is 0 Å². The van der Waals surface area contributed by atoms with Gasteiger partial charge in [-0.25, -0.2) is 0 Å². The van der Waals surface area contributed by atoms with Crippen LogP contribution in [-0.4, -0.2) is 36.7 Å². The molecule has 2 rings (SSSR count). The second kappa shape index (κ2) is 7.92. The Hall–Kier alpha value is -0.900. The van der Waals surface area contributed by atoms with Gasteiger partial charge >= 0.3 is 0 Å². The molecule has 21 heavy (non-hydrogen) atoms. The third-order valence-electron chi connectivity index (χ3n) is 4.57. The Morgan fingerprint density at radius 1 is 1.19 bits per heavy atom. The third-order valence-corrected chi connectivity index (χ3v) is 4.57. The van der Waals surface area contributed by atoms with Crippen LogP contribution in [0.25, 0.3) is 0 Å². The zero-order chi connectivity index (χ0) is 15.2. The number of rotatable bonds is 6. The molecule has 1 fully saturated rings. The molecule has 1 aromatic carbocycles. The van der Waals surface area contributed by atoms with Gasteiger partial charge in [0.1, 0.15) is 0 Å². The minimum atomic E-state index is 0.191. The Labute approximate surface area is 129 Å². The van der Waals surface area contributed by atoms with Gasteiger partial charge < -0.3 is 10.5 Å². The van der Waals surface area contributed by atoms with E-state index in [1.54, 1.807) is 0 Å². The molecule has 0 radical (unpaired) electrons. The maximum atomic E-state index is 6.44. The van der Waals surface area contributed by atoms with Gasteiger partial charge in [0.15, 0.2) is 0 Å². The van der Waals surface area contributed by atoms with E-state index in [0.29, 0.717) is 12.1 Å². The average Bonchev–Trinajstić information content (AvgIpc) is 2.51. The van der Waals surface area contributed by atoms with Crippen molar-refractivity contribution in [3.8, 4) is 0 Å². The van der Waals surface area contributed by atoms with E-state index in [1.165, 1.54) is 11.1 Å². The maximum absolute atomic E-state index is 6.44. The lowest BCUT2D eigenvalue weighted by Gasteiger charge is -2.40. The molecule has 0 amide bonds. The number of likely N-dealkylation sites (tertiary alicyclic amines) is 1. The van der Waals surface area contributed by atoms with Gasteiger partial charge in [-0.1, -0.05) is 36.8 Å². The molecule has 1 saturated heterocycles. The van der Waals surface area contributed by atoms with E-state index in [-0.39, 0.29) is 6.04 Å². The highest BCUT2D eigenvalue weighted by atomic mass is 16.5. The standard InChI is InChI=1S/C18H30N2O/c1-4-17(19)18(15-8-6-14(3)7-9-15)20-12-10-16(11-13-20)21-5-2/h6-9,16-18H,4-5,10-13,19H2,1-3H3. The van der Waals surface area contributed by atoms with Crippen LogP contribution >= 0.6 is 0 Å². The fraction of sp³-hybridized carbons (Fsp3) is 0.667. The molecule has 3 nitrogen and oxygen atoms in total. The zero-order valence-electron chi connectivity index (χ0n) is 13.7. The lowest BCUT2D eigenvalue weighted by atomic mass is 9.93. The molecule has 2 unspecified atom stereocenters. The first-order valence-corrected chi connectivity index (χ1v) is 8.33. The van der Waals surface area contributed by atoms with Crippen LogP contribution in [0.5, 0.6) is 0 Å². The molecule has 118 valence electrons. The fourth-order valence-corrected chi connectivity index (χ4v) is 3.27. The summed E-state index contributed by atoms with van der Waals surface area (Å²) < 4.78 is 5.76. The number of nitrogens with zero attached hydrogens (tertiary/aromatic N) is 1. The summed E-state index contributed by atoms with van der Waals surface area (Å²) in [5, 5.41) is 0. The van der Waals surface area contributed by atoms with E-state index in [9.17, 15) is 0 Å². The van der Waals surface area contributed by atoms with Crippen LogP contribution in [0.4, 0.5) is 0 Å². The Bertz CT molecular complexity index is 410. The van der Waals surface area contributed by atoms with Crippen LogP contribution in [-0.2, 0) is 4.74 Å². The van der Waals surface area contributed by atoms with Gasteiger partial charge in [0.25, 0.3) is 0 Å². The molecule has 0 bridgehead atoms. The molecule has 1 aliphatic heterocycles. The highest BCUT2D eigenvalue weighted by Crippen LogP contribution is 2.29. The second-order valence-corrected chi connectivity index (χ2v) is 6.12. The second-order valence-electron chi connectivity index (χ2n) is 6.12. The third kappa shape index (κ3) is 4.29. The number of nitrogens with two attached hydrogens (primary N) is 1. The highest BCUT2D eigenvalue weighted by molar-refractivity contribution is 5.25. The van der Waals surface area contributed by atoms with E-state index in [1.807, 2.05) is 0 Å².